The highest BCUT2D eigenvalue weighted by atomic mass is 79.9. The van der Waals surface area contributed by atoms with Gasteiger partial charge in [-0.15, -0.1) is 0 Å². The van der Waals surface area contributed by atoms with Crippen molar-refractivity contribution in [1.82, 2.24) is 5.32 Å². The third-order valence-corrected chi connectivity index (χ3v) is 4.52. The van der Waals surface area contributed by atoms with E-state index in [0.29, 0.717) is 5.41 Å². The average molecular weight is 298 g/mol. The standard InChI is InChI=1S/C14H17BrFN/c15-12-5-10(6-13(16)7-12)8-17-9-14(3-4-14)11-1-2-11/h5-7,11,17H,1-4,8-9H2. The van der Waals surface area contributed by atoms with Crippen LogP contribution >= 0.6 is 15.9 Å². The van der Waals surface area contributed by atoms with Gasteiger partial charge in [-0.3, -0.25) is 0 Å². The van der Waals surface area contributed by atoms with Crippen LogP contribution in [0.15, 0.2) is 22.7 Å². The molecule has 0 heterocycles. The predicted molar refractivity (Wildman–Crippen MR) is 70.2 cm³/mol. The second-order valence-electron chi connectivity index (χ2n) is 5.52. The maximum atomic E-state index is 13.2. The lowest BCUT2D eigenvalue weighted by molar-refractivity contribution is 0.403. The van der Waals surface area contributed by atoms with Crippen LogP contribution in [0.4, 0.5) is 4.39 Å². The Bertz CT molecular complexity index is 404. The van der Waals surface area contributed by atoms with Crippen LogP contribution in [0.5, 0.6) is 0 Å². The number of hydrogen-bond acceptors (Lipinski definition) is 1. The third-order valence-electron chi connectivity index (χ3n) is 4.06. The van der Waals surface area contributed by atoms with Crippen molar-refractivity contribution < 1.29 is 4.39 Å². The van der Waals surface area contributed by atoms with Crippen molar-refractivity contribution in [3.8, 4) is 0 Å². The molecular weight excluding hydrogens is 281 g/mol. The van der Waals surface area contributed by atoms with Crippen molar-refractivity contribution in [3.05, 3.63) is 34.1 Å². The van der Waals surface area contributed by atoms with Crippen LogP contribution in [0, 0.1) is 17.2 Å². The van der Waals surface area contributed by atoms with Gasteiger partial charge in [-0.05, 0) is 60.8 Å². The Hall–Kier alpha value is -0.410. The molecule has 1 aromatic carbocycles. The number of hydrogen-bond donors (Lipinski definition) is 1. The molecule has 0 amide bonds. The monoisotopic (exact) mass is 297 g/mol. The number of halogens is 2. The first-order valence-electron chi connectivity index (χ1n) is 6.34. The lowest BCUT2D eigenvalue weighted by atomic mass is 10.0. The second kappa shape index (κ2) is 4.36. The summed E-state index contributed by atoms with van der Waals surface area (Å²) in [5.41, 5.74) is 1.63. The summed E-state index contributed by atoms with van der Waals surface area (Å²) >= 11 is 3.32. The fourth-order valence-electron chi connectivity index (χ4n) is 2.75. The van der Waals surface area contributed by atoms with Crippen molar-refractivity contribution in [3.63, 3.8) is 0 Å². The predicted octanol–water partition coefficient (Wildman–Crippen LogP) is 3.87. The van der Waals surface area contributed by atoms with Crippen LogP contribution in [-0.2, 0) is 6.54 Å². The lowest BCUT2D eigenvalue weighted by Crippen LogP contribution is -2.25. The van der Waals surface area contributed by atoms with E-state index in [4.69, 9.17) is 0 Å². The van der Waals surface area contributed by atoms with E-state index in [2.05, 4.69) is 21.2 Å². The molecular formula is C14H17BrFN. The van der Waals surface area contributed by atoms with E-state index in [1.54, 1.807) is 6.07 Å². The normalized spacial score (nSPS) is 21.5. The summed E-state index contributed by atoms with van der Waals surface area (Å²) in [7, 11) is 0. The van der Waals surface area contributed by atoms with Crippen LogP contribution in [0.2, 0.25) is 0 Å². The molecule has 2 fully saturated rings. The van der Waals surface area contributed by atoms with E-state index < -0.39 is 0 Å². The van der Waals surface area contributed by atoms with Gasteiger partial charge in [-0.1, -0.05) is 15.9 Å². The van der Waals surface area contributed by atoms with Gasteiger partial charge in [-0.25, -0.2) is 4.39 Å². The minimum atomic E-state index is -0.167. The summed E-state index contributed by atoms with van der Waals surface area (Å²) < 4.78 is 14.0. The summed E-state index contributed by atoms with van der Waals surface area (Å²) in [6, 6.07) is 5.08. The smallest absolute Gasteiger partial charge is 0.124 e. The van der Waals surface area contributed by atoms with Gasteiger partial charge in [0, 0.05) is 17.6 Å². The van der Waals surface area contributed by atoms with Crippen LogP contribution in [0.25, 0.3) is 0 Å². The van der Waals surface area contributed by atoms with E-state index in [-0.39, 0.29) is 5.82 Å². The fourth-order valence-corrected chi connectivity index (χ4v) is 3.27. The van der Waals surface area contributed by atoms with Crippen LogP contribution in [0.1, 0.15) is 31.2 Å². The van der Waals surface area contributed by atoms with Gasteiger partial charge in [0.15, 0.2) is 0 Å². The van der Waals surface area contributed by atoms with E-state index in [1.807, 2.05) is 6.07 Å². The average Bonchev–Trinajstić information content (AvgIpc) is 3.11. The fraction of sp³-hybridized carbons (Fsp3) is 0.571. The molecule has 2 aliphatic carbocycles. The highest BCUT2D eigenvalue weighted by Crippen LogP contribution is 2.60. The summed E-state index contributed by atoms with van der Waals surface area (Å²) in [5, 5.41) is 3.49. The highest BCUT2D eigenvalue weighted by Gasteiger charge is 2.53. The maximum Gasteiger partial charge on any atom is 0.124 e. The van der Waals surface area contributed by atoms with Gasteiger partial charge in [0.2, 0.25) is 0 Å². The van der Waals surface area contributed by atoms with E-state index in [1.165, 1.54) is 31.7 Å². The molecule has 0 aliphatic heterocycles. The molecule has 0 unspecified atom stereocenters. The molecule has 92 valence electrons. The maximum absolute atomic E-state index is 13.2. The Kier molecular flexibility index (Phi) is 2.99. The van der Waals surface area contributed by atoms with Gasteiger partial charge in [0.1, 0.15) is 5.82 Å². The first kappa shape index (κ1) is 11.7. The molecule has 1 N–H and O–H groups in total. The zero-order valence-electron chi connectivity index (χ0n) is 9.81. The molecule has 1 aromatic rings. The second-order valence-corrected chi connectivity index (χ2v) is 6.43. The first-order chi connectivity index (χ1) is 8.18. The SMILES string of the molecule is Fc1cc(Br)cc(CNCC2(C3CC3)CC2)c1. The minimum Gasteiger partial charge on any atom is -0.312 e. The van der Waals surface area contributed by atoms with Crippen LogP contribution in [0.3, 0.4) is 0 Å². The zero-order valence-corrected chi connectivity index (χ0v) is 11.4. The molecule has 3 rings (SSSR count). The van der Waals surface area contributed by atoms with Crippen molar-refractivity contribution in [2.75, 3.05) is 6.54 Å². The molecule has 0 bridgehead atoms. The van der Waals surface area contributed by atoms with E-state index in [0.717, 1.165) is 29.0 Å². The van der Waals surface area contributed by atoms with Gasteiger partial charge in [0.05, 0.1) is 0 Å². The molecule has 0 radical (unpaired) electrons. The molecule has 0 aromatic heterocycles. The topological polar surface area (TPSA) is 12.0 Å². The number of benzene rings is 1. The molecule has 3 heteroatoms. The summed E-state index contributed by atoms with van der Waals surface area (Å²) in [6.07, 6.45) is 5.62. The first-order valence-corrected chi connectivity index (χ1v) is 7.13. The highest BCUT2D eigenvalue weighted by molar-refractivity contribution is 9.10. The van der Waals surface area contributed by atoms with Gasteiger partial charge in [-0.2, -0.15) is 0 Å². The van der Waals surface area contributed by atoms with Gasteiger partial charge >= 0.3 is 0 Å². The summed E-state index contributed by atoms with van der Waals surface area (Å²) in [4.78, 5) is 0. The number of nitrogens with one attached hydrogen (secondary N) is 1. The van der Waals surface area contributed by atoms with Gasteiger partial charge < -0.3 is 5.32 Å². The van der Waals surface area contributed by atoms with Crippen LogP contribution in [-0.4, -0.2) is 6.54 Å². The Morgan fingerprint density at radius 2 is 2.06 bits per heavy atom. The molecule has 0 spiro atoms. The Balaban J connectivity index is 1.53. The minimum absolute atomic E-state index is 0.167. The third kappa shape index (κ3) is 2.71. The molecule has 2 aliphatic rings. The van der Waals surface area contributed by atoms with Crippen molar-refractivity contribution in [1.29, 1.82) is 0 Å². The van der Waals surface area contributed by atoms with Crippen molar-refractivity contribution >= 4 is 15.9 Å². The number of rotatable bonds is 5. The van der Waals surface area contributed by atoms with E-state index in [9.17, 15) is 4.39 Å². The molecule has 0 atom stereocenters. The molecule has 2 saturated carbocycles. The van der Waals surface area contributed by atoms with Crippen molar-refractivity contribution in [2.24, 2.45) is 11.3 Å². The Morgan fingerprint density at radius 3 is 2.65 bits per heavy atom. The molecule has 1 nitrogen and oxygen atoms in total. The molecule has 0 saturated heterocycles. The molecule has 17 heavy (non-hydrogen) atoms. The van der Waals surface area contributed by atoms with E-state index >= 15 is 0 Å². The largest absolute Gasteiger partial charge is 0.312 e. The Labute approximate surface area is 110 Å². The summed E-state index contributed by atoms with van der Waals surface area (Å²) in [5.74, 6) is 0.814. The van der Waals surface area contributed by atoms with Crippen molar-refractivity contribution in [2.45, 2.75) is 32.2 Å². The van der Waals surface area contributed by atoms with Gasteiger partial charge in [0.25, 0.3) is 0 Å². The summed E-state index contributed by atoms with van der Waals surface area (Å²) in [6.45, 7) is 1.87. The lowest BCUT2D eigenvalue weighted by Gasteiger charge is -2.15. The Morgan fingerprint density at radius 1 is 1.29 bits per heavy atom. The quantitative estimate of drug-likeness (QED) is 0.870. The zero-order chi connectivity index (χ0) is 11.9. The van der Waals surface area contributed by atoms with Crippen LogP contribution < -0.4 is 5.32 Å².